The van der Waals surface area contributed by atoms with Crippen LogP contribution in [0.5, 0.6) is 0 Å². The fourth-order valence-corrected chi connectivity index (χ4v) is 10.1. The van der Waals surface area contributed by atoms with Crippen molar-refractivity contribution in [2.75, 3.05) is 0 Å². The van der Waals surface area contributed by atoms with E-state index in [9.17, 15) is 0 Å². The molecule has 0 amide bonds. The standard InChI is InChI=1S/C57H39N9/c1-7-43(64-52-13-19-58-31-46(52)47-32-59-20-14-53(47)64)8-2-37(1)25-40-28-41(26-38-3-9-44(10-4-38)65-54-15-21-60-33-48(54)49-34-61-22-16-55(49)65)30-42(29-40)27-39-5-11-45(12-6-39)66-56-17-23-62-35-50(56)51-36-63-24-18-57(51)66/h1-24,28-36H,25-27H2/p+1. The molecule has 9 aromatic heterocycles. The van der Waals surface area contributed by atoms with Gasteiger partial charge in [0.15, 0.2) is 12.4 Å². The van der Waals surface area contributed by atoms with Crippen LogP contribution in [0.4, 0.5) is 0 Å². The smallest absolute Gasteiger partial charge is 0.177 e. The normalized spacial score (nSPS) is 11.8. The molecule has 0 unspecified atom stereocenters. The Hall–Kier alpha value is -8.82. The van der Waals surface area contributed by atoms with Crippen LogP contribution >= 0.6 is 0 Å². The lowest BCUT2D eigenvalue weighted by molar-refractivity contribution is -0.375. The van der Waals surface area contributed by atoms with Gasteiger partial charge in [-0.15, -0.1) is 0 Å². The summed E-state index contributed by atoms with van der Waals surface area (Å²) >= 11 is 0. The lowest BCUT2D eigenvalue weighted by Gasteiger charge is -2.13. The van der Waals surface area contributed by atoms with Gasteiger partial charge in [-0.3, -0.25) is 24.9 Å². The SMILES string of the molecule is c1cc2c(cn1)c1cnccc1n2-c1ccc(Cc2cc(Cc3ccc(-n4c5ccncc5c5cnccc54)cc3)cc(Cc3ccc(-n4c5ccncc5c5c[nH+]ccc54)cc3)c2)cc1. The number of aromatic amines is 1. The summed E-state index contributed by atoms with van der Waals surface area (Å²) in [6, 6.07) is 46.8. The minimum Gasteiger partial charge on any atom is -0.309 e. The van der Waals surface area contributed by atoms with Crippen LogP contribution in [0, 0.1) is 0 Å². The number of nitrogens with zero attached hydrogens (tertiary/aromatic N) is 8. The van der Waals surface area contributed by atoms with Gasteiger partial charge in [0.1, 0.15) is 0 Å². The molecule has 0 saturated heterocycles. The first kappa shape index (κ1) is 37.7. The number of aromatic nitrogens is 9. The van der Waals surface area contributed by atoms with Crippen molar-refractivity contribution < 1.29 is 4.98 Å². The Balaban J connectivity index is 0.835. The largest absolute Gasteiger partial charge is 0.309 e. The third-order valence-electron chi connectivity index (χ3n) is 13.1. The summed E-state index contributed by atoms with van der Waals surface area (Å²) in [6.45, 7) is 0. The summed E-state index contributed by atoms with van der Waals surface area (Å²) in [5.74, 6) is 0. The van der Waals surface area contributed by atoms with Crippen molar-refractivity contribution in [3.05, 3.63) is 235 Å². The highest BCUT2D eigenvalue weighted by Gasteiger charge is 2.17. The Morgan fingerprint density at radius 1 is 0.303 bits per heavy atom. The third kappa shape index (κ3) is 6.39. The quantitative estimate of drug-likeness (QED) is 0.144. The van der Waals surface area contributed by atoms with Gasteiger partial charge in [0.25, 0.3) is 0 Å². The molecule has 0 bridgehead atoms. The molecule has 9 nitrogen and oxygen atoms in total. The summed E-state index contributed by atoms with van der Waals surface area (Å²) in [5, 5.41) is 6.69. The van der Waals surface area contributed by atoms with Crippen molar-refractivity contribution in [2.45, 2.75) is 19.3 Å². The molecule has 0 aliphatic carbocycles. The van der Waals surface area contributed by atoms with E-state index in [1.54, 1.807) is 0 Å². The first-order valence-corrected chi connectivity index (χ1v) is 22.2. The molecule has 312 valence electrons. The Kier molecular flexibility index (Phi) is 8.83. The molecule has 1 N–H and O–H groups in total. The number of hydrogen-bond donors (Lipinski definition) is 0. The average molecular weight is 851 g/mol. The molecule has 13 aromatic rings. The van der Waals surface area contributed by atoms with E-state index in [-0.39, 0.29) is 0 Å². The van der Waals surface area contributed by atoms with Gasteiger partial charge in [0.2, 0.25) is 0 Å². The number of pyridine rings is 6. The summed E-state index contributed by atoms with van der Waals surface area (Å²) in [6.07, 6.45) is 25.5. The van der Waals surface area contributed by atoms with Crippen molar-refractivity contribution in [1.82, 2.24) is 38.6 Å². The predicted molar refractivity (Wildman–Crippen MR) is 263 cm³/mol. The maximum absolute atomic E-state index is 4.43. The number of benzene rings is 4. The molecule has 0 fully saturated rings. The number of rotatable bonds is 9. The minimum absolute atomic E-state index is 0.817. The highest BCUT2D eigenvalue weighted by molar-refractivity contribution is 6.10. The maximum Gasteiger partial charge on any atom is 0.177 e. The van der Waals surface area contributed by atoms with Crippen LogP contribution in [0.3, 0.4) is 0 Å². The third-order valence-corrected chi connectivity index (χ3v) is 13.1. The van der Waals surface area contributed by atoms with Crippen molar-refractivity contribution in [2.24, 2.45) is 0 Å². The lowest BCUT2D eigenvalue weighted by atomic mass is 9.94. The molecule has 0 saturated carbocycles. The topological polar surface area (TPSA) is 93.4 Å². The van der Waals surface area contributed by atoms with Gasteiger partial charge in [0, 0.05) is 112 Å². The molecule has 4 aromatic carbocycles. The monoisotopic (exact) mass is 850 g/mol. The van der Waals surface area contributed by atoms with Gasteiger partial charge in [-0.05, 0) is 119 Å². The fourth-order valence-electron chi connectivity index (χ4n) is 10.1. The van der Waals surface area contributed by atoms with Crippen LogP contribution in [-0.2, 0) is 19.3 Å². The number of fused-ring (bicyclic) bond motifs is 9. The van der Waals surface area contributed by atoms with Gasteiger partial charge in [-0.1, -0.05) is 54.6 Å². The first-order chi connectivity index (χ1) is 32.7. The predicted octanol–water partition coefficient (Wildman–Crippen LogP) is 11.5. The molecule has 0 aliphatic rings. The molecule has 13 rings (SSSR count). The summed E-state index contributed by atoms with van der Waals surface area (Å²) < 4.78 is 6.93. The van der Waals surface area contributed by atoms with Gasteiger partial charge in [-0.2, -0.15) is 0 Å². The van der Waals surface area contributed by atoms with E-state index in [1.165, 1.54) is 33.4 Å². The summed E-state index contributed by atoms with van der Waals surface area (Å²) in [7, 11) is 0. The molecule has 0 radical (unpaired) electrons. The van der Waals surface area contributed by atoms with Crippen molar-refractivity contribution in [3.63, 3.8) is 0 Å². The first-order valence-electron chi connectivity index (χ1n) is 22.2. The van der Waals surface area contributed by atoms with Crippen LogP contribution in [0.25, 0.3) is 82.5 Å². The Bertz CT molecular complexity index is 3370. The highest BCUT2D eigenvalue weighted by Crippen LogP contribution is 2.34. The van der Waals surface area contributed by atoms with E-state index in [2.05, 4.69) is 177 Å². The Labute approximate surface area is 379 Å². The zero-order chi connectivity index (χ0) is 43.6. The number of hydrogen-bond acceptors (Lipinski definition) is 5. The van der Waals surface area contributed by atoms with Crippen LogP contribution in [0.1, 0.15) is 33.4 Å². The van der Waals surface area contributed by atoms with Gasteiger partial charge < -0.3 is 13.7 Å². The van der Waals surface area contributed by atoms with E-state index in [0.717, 1.165) is 102 Å². The summed E-state index contributed by atoms with van der Waals surface area (Å²) in [4.78, 5) is 25.4. The van der Waals surface area contributed by atoms with Crippen LogP contribution < -0.4 is 4.98 Å². The fraction of sp³-hybridized carbons (Fsp3) is 0.0526. The zero-order valence-corrected chi connectivity index (χ0v) is 35.8. The second kappa shape index (κ2) is 15.5. The van der Waals surface area contributed by atoms with Crippen molar-refractivity contribution in [3.8, 4) is 17.1 Å². The van der Waals surface area contributed by atoms with E-state index in [0.29, 0.717) is 0 Å². The Morgan fingerprint density at radius 2 is 0.591 bits per heavy atom. The molecule has 9 heteroatoms. The van der Waals surface area contributed by atoms with Gasteiger partial charge in [-0.25, -0.2) is 4.98 Å². The van der Waals surface area contributed by atoms with E-state index in [4.69, 9.17) is 0 Å². The maximum atomic E-state index is 4.43. The second-order valence-electron chi connectivity index (χ2n) is 17.1. The molecule has 0 aliphatic heterocycles. The van der Waals surface area contributed by atoms with Crippen molar-refractivity contribution >= 4 is 65.4 Å². The van der Waals surface area contributed by atoms with Gasteiger partial charge >= 0.3 is 0 Å². The second-order valence-corrected chi connectivity index (χ2v) is 17.1. The van der Waals surface area contributed by atoms with Crippen molar-refractivity contribution in [1.29, 1.82) is 0 Å². The lowest BCUT2D eigenvalue weighted by Crippen LogP contribution is -2.00. The average Bonchev–Trinajstić information content (AvgIpc) is 4.01. The summed E-state index contributed by atoms with van der Waals surface area (Å²) in [5.41, 5.74) is 17.8. The Morgan fingerprint density at radius 3 is 0.909 bits per heavy atom. The van der Waals surface area contributed by atoms with Crippen LogP contribution in [0.15, 0.2) is 202 Å². The van der Waals surface area contributed by atoms with Gasteiger partial charge in [0.05, 0.1) is 38.5 Å². The van der Waals surface area contributed by atoms with Crippen LogP contribution in [0.2, 0.25) is 0 Å². The molecular weight excluding hydrogens is 811 g/mol. The van der Waals surface area contributed by atoms with E-state index in [1.807, 2.05) is 68.2 Å². The molecule has 0 atom stereocenters. The van der Waals surface area contributed by atoms with E-state index >= 15 is 0 Å². The molecule has 66 heavy (non-hydrogen) atoms. The number of H-pyrrole nitrogens is 1. The number of nitrogens with one attached hydrogen (secondary N) is 1. The highest BCUT2D eigenvalue weighted by atomic mass is 15.0. The molecular formula is C57H40N9+. The molecule has 0 spiro atoms. The van der Waals surface area contributed by atoms with Crippen LogP contribution in [-0.4, -0.2) is 38.6 Å². The van der Waals surface area contributed by atoms with E-state index < -0.39 is 0 Å². The minimum atomic E-state index is 0.817. The molecule has 9 heterocycles. The zero-order valence-electron chi connectivity index (χ0n) is 35.8.